The summed E-state index contributed by atoms with van der Waals surface area (Å²) in [6, 6.07) is 5.48. The minimum atomic E-state index is -2.72. The van der Waals surface area contributed by atoms with Crippen molar-refractivity contribution in [3.05, 3.63) is 27.7 Å². The molecule has 0 aromatic heterocycles. The number of benzene rings is 1. The molecular formula is C19H29NO4Sn. The van der Waals surface area contributed by atoms with E-state index in [2.05, 4.69) is 14.8 Å². The van der Waals surface area contributed by atoms with Crippen LogP contribution in [0.1, 0.15) is 27.7 Å². The number of carbonyl (C=O) groups is 1. The third-order valence-electron chi connectivity index (χ3n) is 3.84. The van der Waals surface area contributed by atoms with Crippen molar-refractivity contribution < 1.29 is 19.0 Å². The van der Waals surface area contributed by atoms with Gasteiger partial charge in [0.15, 0.2) is 0 Å². The molecule has 2 rings (SSSR count). The summed E-state index contributed by atoms with van der Waals surface area (Å²) in [6.07, 6.45) is 0.0826. The molecule has 0 fully saturated rings. The molecule has 0 saturated heterocycles. The molecular weight excluding hydrogens is 425 g/mol. The van der Waals surface area contributed by atoms with Crippen molar-refractivity contribution in [3.8, 4) is 17.2 Å². The van der Waals surface area contributed by atoms with Gasteiger partial charge in [0.2, 0.25) is 0 Å². The average molecular weight is 454 g/mol. The third-order valence-corrected chi connectivity index (χ3v) is 8.67. The fraction of sp³-hybridized carbons (Fsp3) is 0.526. The van der Waals surface area contributed by atoms with E-state index in [-0.39, 0.29) is 12.0 Å². The summed E-state index contributed by atoms with van der Waals surface area (Å²) in [7, 11) is 0. The SMILES string of the molecule is CCN(CC)C(=O)C1=[C]([Sn]([CH3])([CH3])[CH3])Oc2cc(OC(C)C)ccc2O1. The van der Waals surface area contributed by atoms with Crippen LogP contribution in [0.2, 0.25) is 14.8 Å². The van der Waals surface area contributed by atoms with Gasteiger partial charge in [-0.05, 0) is 0 Å². The molecule has 0 unspecified atom stereocenters. The number of amides is 1. The second-order valence-corrected chi connectivity index (χ2v) is 21.5. The van der Waals surface area contributed by atoms with E-state index in [1.54, 1.807) is 11.0 Å². The first-order chi connectivity index (χ1) is 11.7. The molecule has 0 aliphatic carbocycles. The van der Waals surface area contributed by atoms with Crippen molar-refractivity contribution in [1.82, 2.24) is 4.90 Å². The summed E-state index contributed by atoms with van der Waals surface area (Å²) in [5.74, 6) is 2.18. The third kappa shape index (κ3) is 4.63. The van der Waals surface area contributed by atoms with Gasteiger partial charge in [-0.15, -0.1) is 0 Å². The number of ether oxygens (including phenoxy) is 3. The van der Waals surface area contributed by atoms with Crippen LogP contribution in [0.4, 0.5) is 0 Å². The van der Waals surface area contributed by atoms with Crippen LogP contribution in [0, 0.1) is 0 Å². The van der Waals surface area contributed by atoms with E-state index in [0.717, 1.165) is 9.52 Å². The Balaban J connectivity index is 2.43. The van der Waals surface area contributed by atoms with Crippen LogP contribution < -0.4 is 14.2 Å². The van der Waals surface area contributed by atoms with E-state index < -0.39 is 18.4 Å². The molecule has 25 heavy (non-hydrogen) atoms. The Labute approximate surface area is 154 Å². The number of hydrogen-bond donors (Lipinski definition) is 0. The van der Waals surface area contributed by atoms with E-state index in [0.29, 0.717) is 30.3 Å². The standard InChI is InChI=1S/C16H20NO4.3CH3.Sn/c1-5-17(6-2)16(18)15-10-19-14-9-12(20-11(3)4)7-8-13(14)21-15;;;;/h7-9,11H,5-6H2,1-4H3;3*1H3;. The molecule has 1 heterocycles. The number of rotatable bonds is 6. The van der Waals surface area contributed by atoms with E-state index >= 15 is 0 Å². The van der Waals surface area contributed by atoms with Crippen LogP contribution in [0.5, 0.6) is 17.2 Å². The van der Waals surface area contributed by atoms with Gasteiger partial charge >= 0.3 is 155 Å². The summed E-state index contributed by atoms with van der Waals surface area (Å²) in [5.41, 5.74) is 0. The number of carbonyl (C=O) groups excluding carboxylic acids is 1. The zero-order chi connectivity index (χ0) is 18.8. The average Bonchev–Trinajstić information content (AvgIpc) is 2.53. The Hall–Kier alpha value is -1.37. The Morgan fingerprint density at radius 2 is 1.76 bits per heavy atom. The van der Waals surface area contributed by atoms with Crippen molar-refractivity contribution in [1.29, 1.82) is 0 Å². The van der Waals surface area contributed by atoms with Gasteiger partial charge in [0.25, 0.3) is 0 Å². The first-order valence-corrected chi connectivity index (χ1v) is 18.9. The molecule has 0 bridgehead atoms. The number of likely N-dealkylation sites (N-methyl/N-ethyl adjacent to an activating group) is 1. The number of hydrogen-bond acceptors (Lipinski definition) is 4. The van der Waals surface area contributed by atoms with Crippen LogP contribution in [0.3, 0.4) is 0 Å². The second kappa shape index (κ2) is 7.89. The zero-order valence-electron chi connectivity index (χ0n) is 16.3. The fourth-order valence-corrected chi connectivity index (χ4v) is 6.18. The Kier molecular flexibility index (Phi) is 6.30. The molecule has 0 atom stereocenters. The van der Waals surface area contributed by atoms with E-state index in [4.69, 9.17) is 14.2 Å². The van der Waals surface area contributed by atoms with E-state index in [9.17, 15) is 4.79 Å². The summed E-state index contributed by atoms with van der Waals surface area (Å²) in [5, 5.41) is 0. The normalized spacial score (nSPS) is 13.9. The van der Waals surface area contributed by atoms with Gasteiger partial charge in [0.05, 0.1) is 0 Å². The summed E-state index contributed by atoms with van der Waals surface area (Å²) in [4.78, 5) is 21.3. The summed E-state index contributed by atoms with van der Waals surface area (Å²) in [6.45, 7) is 9.18. The van der Waals surface area contributed by atoms with Gasteiger partial charge in [0, 0.05) is 0 Å². The molecule has 1 aliphatic heterocycles. The molecule has 1 aromatic carbocycles. The quantitative estimate of drug-likeness (QED) is 0.605. The van der Waals surface area contributed by atoms with E-state index in [1.807, 2.05) is 39.8 Å². The Bertz CT molecular complexity index is 672. The first kappa shape index (κ1) is 19.9. The van der Waals surface area contributed by atoms with Crippen LogP contribution in [-0.4, -0.2) is 48.4 Å². The van der Waals surface area contributed by atoms with Crippen LogP contribution in [0.25, 0.3) is 0 Å². The molecule has 1 aliphatic rings. The maximum absolute atomic E-state index is 12.9. The van der Waals surface area contributed by atoms with Gasteiger partial charge in [-0.3, -0.25) is 0 Å². The zero-order valence-corrected chi connectivity index (χ0v) is 19.2. The minimum absolute atomic E-state index is 0.0826. The van der Waals surface area contributed by atoms with Gasteiger partial charge in [-0.1, -0.05) is 0 Å². The number of fused-ring (bicyclic) bond motifs is 1. The van der Waals surface area contributed by atoms with Crippen LogP contribution >= 0.6 is 0 Å². The van der Waals surface area contributed by atoms with Crippen LogP contribution in [-0.2, 0) is 4.79 Å². The van der Waals surface area contributed by atoms with Gasteiger partial charge in [-0.2, -0.15) is 0 Å². The molecule has 0 N–H and O–H groups in total. The molecule has 1 amide bonds. The Morgan fingerprint density at radius 1 is 1.12 bits per heavy atom. The van der Waals surface area contributed by atoms with Gasteiger partial charge in [-0.25, -0.2) is 0 Å². The first-order valence-electron chi connectivity index (χ1n) is 8.87. The molecule has 1 aromatic rings. The molecule has 138 valence electrons. The van der Waals surface area contributed by atoms with Crippen LogP contribution in [0.15, 0.2) is 27.7 Å². The molecule has 0 radical (unpaired) electrons. The predicted octanol–water partition coefficient (Wildman–Crippen LogP) is 4.20. The fourth-order valence-electron chi connectivity index (χ4n) is 2.60. The van der Waals surface area contributed by atoms with Gasteiger partial charge < -0.3 is 0 Å². The van der Waals surface area contributed by atoms with E-state index in [1.165, 1.54) is 0 Å². The summed E-state index contributed by atoms with van der Waals surface area (Å²) < 4.78 is 18.7. The maximum atomic E-state index is 12.9. The van der Waals surface area contributed by atoms with Crippen molar-refractivity contribution in [2.75, 3.05) is 13.1 Å². The molecule has 0 saturated carbocycles. The van der Waals surface area contributed by atoms with Gasteiger partial charge in [0.1, 0.15) is 0 Å². The van der Waals surface area contributed by atoms with Crippen molar-refractivity contribution in [3.63, 3.8) is 0 Å². The monoisotopic (exact) mass is 455 g/mol. The molecule has 6 heteroatoms. The second-order valence-electron chi connectivity index (χ2n) is 7.36. The van der Waals surface area contributed by atoms with Crippen molar-refractivity contribution in [2.45, 2.75) is 48.6 Å². The Morgan fingerprint density at radius 3 is 2.28 bits per heavy atom. The predicted molar refractivity (Wildman–Crippen MR) is 102 cm³/mol. The van der Waals surface area contributed by atoms with Crippen molar-refractivity contribution in [2.24, 2.45) is 0 Å². The topological polar surface area (TPSA) is 48.0 Å². The summed E-state index contributed by atoms with van der Waals surface area (Å²) >= 11 is -2.72. The molecule has 5 nitrogen and oxygen atoms in total. The van der Waals surface area contributed by atoms with Crippen molar-refractivity contribution >= 4 is 24.3 Å². The number of nitrogens with zero attached hydrogens (tertiary/aromatic N) is 1. The molecule has 0 spiro atoms.